The predicted octanol–water partition coefficient (Wildman–Crippen LogP) is 2.60. The molecule has 0 bridgehead atoms. The van der Waals surface area contributed by atoms with E-state index in [2.05, 4.69) is 23.5 Å². The molecule has 25 heavy (non-hydrogen) atoms. The summed E-state index contributed by atoms with van der Waals surface area (Å²) in [5.41, 5.74) is 1.95. The number of carbonyl (C=O) groups excluding carboxylic acids is 1. The standard InChI is InChI=1S/C19H26FN4O/c1-3-24(13-16-5-4-6-17(20)11-16)14-19(12-21-24)22-18-7-9-23(10-8-18)15(2)25/h4-6,11-12,14,18,22H,3,7-10,13H2,1-2H3/q+1. The van der Waals surface area contributed by atoms with Gasteiger partial charge in [-0.25, -0.2) is 4.39 Å². The molecule has 1 atom stereocenters. The first kappa shape index (κ1) is 17.6. The Labute approximate surface area is 148 Å². The number of carbonyl (C=O) groups is 1. The fraction of sp³-hybridized carbons (Fsp3) is 0.474. The van der Waals surface area contributed by atoms with Crippen LogP contribution >= 0.6 is 0 Å². The van der Waals surface area contributed by atoms with Crippen LogP contribution in [0.4, 0.5) is 4.39 Å². The van der Waals surface area contributed by atoms with Gasteiger partial charge >= 0.3 is 0 Å². The van der Waals surface area contributed by atoms with Crippen LogP contribution in [0.1, 0.15) is 32.3 Å². The Morgan fingerprint density at radius 2 is 2.16 bits per heavy atom. The van der Waals surface area contributed by atoms with Crippen LogP contribution < -0.4 is 5.32 Å². The average Bonchev–Trinajstić information content (AvgIpc) is 2.98. The van der Waals surface area contributed by atoms with Gasteiger partial charge in [-0.15, -0.1) is 0 Å². The molecule has 2 heterocycles. The van der Waals surface area contributed by atoms with Crippen molar-refractivity contribution >= 4 is 12.1 Å². The second-order valence-electron chi connectivity index (χ2n) is 6.85. The van der Waals surface area contributed by atoms with E-state index in [9.17, 15) is 9.18 Å². The van der Waals surface area contributed by atoms with Gasteiger partial charge in [0.2, 0.25) is 5.91 Å². The summed E-state index contributed by atoms with van der Waals surface area (Å²) in [5, 5.41) is 8.22. The number of piperidine rings is 1. The van der Waals surface area contributed by atoms with Crippen molar-refractivity contribution in [2.24, 2.45) is 5.10 Å². The maximum Gasteiger partial charge on any atom is 0.219 e. The number of likely N-dealkylation sites (tertiary alicyclic amines) is 1. The minimum absolute atomic E-state index is 0.150. The summed E-state index contributed by atoms with van der Waals surface area (Å²) < 4.78 is 13.9. The summed E-state index contributed by atoms with van der Waals surface area (Å²) in [6, 6.07) is 7.07. The third kappa shape index (κ3) is 4.25. The molecule has 1 aromatic rings. The highest BCUT2D eigenvalue weighted by atomic mass is 19.1. The predicted molar refractivity (Wildman–Crippen MR) is 95.9 cm³/mol. The lowest BCUT2D eigenvalue weighted by molar-refractivity contribution is -0.895. The molecule has 1 aromatic carbocycles. The number of quaternary nitrogens is 1. The van der Waals surface area contributed by atoms with Gasteiger partial charge in [-0.2, -0.15) is 4.59 Å². The number of allylic oxidation sites excluding steroid dienone is 1. The zero-order valence-corrected chi connectivity index (χ0v) is 14.9. The second kappa shape index (κ2) is 7.35. The number of rotatable bonds is 5. The molecule has 1 fully saturated rings. The number of benzene rings is 1. The van der Waals surface area contributed by atoms with Crippen LogP contribution in [0.25, 0.3) is 0 Å². The van der Waals surface area contributed by atoms with E-state index in [-0.39, 0.29) is 11.7 Å². The molecule has 0 saturated carbocycles. The van der Waals surface area contributed by atoms with E-state index in [1.165, 1.54) is 6.07 Å². The van der Waals surface area contributed by atoms with Gasteiger partial charge in [0.25, 0.3) is 0 Å². The zero-order chi connectivity index (χ0) is 17.9. The lowest BCUT2D eigenvalue weighted by atomic mass is 10.0. The number of hydrogen-bond donors (Lipinski definition) is 1. The van der Waals surface area contributed by atoms with Crippen molar-refractivity contribution in [1.82, 2.24) is 10.2 Å². The van der Waals surface area contributed by atoms with Crippen molar-refractivity contribution in [3.8, 4) is 0 Å². The molecule has 0 aromatic heterocycles. The molecule has 2 aliphatic rings. The topological polar surface area (TPSA) is 44.7 Å². The molecular weight excluding hydrogens is 319 g/mol. The van der Waals surface area contributed by atoms with Crippen molar-refractivity contribution < 1.29 is 13.8 Å². The molecular formula is C19H26FN4O+. The molecule has 3 rings (SSSR count). The Morgan fingerprint density at radius 3 is 2.80 bits per heavy atom. The van der Waals surface area contributed by atoms with Gasteiger partial charge in [0, 0.05) is 31.6 Å². The fourth-order valence-corrected chi connectivity index (χ4v) is 3.47. The maximum atomic E-state index is 13.4. The van der Waals surface area contributed by atoms with Crippen LogP contribution in [0, 0.1) is 5.82 Å². The van der Waals surface area contributed by atoms with Crippen molar-refractivity contribution in [3.05, 3.63) is 47.5 Å². The monoisotopic (exact) mass is 345 g/mol. The summed E-state index contributed by atoms with van der Waals surface area (Å²) in [5.74, 6) is -0.0636. The smallest absolute Gasteiger partial charge is 0.219 e. The van der Waals surface area contributed by atoms with Crippen molar-refractivity contribution in [3.63, 3.8) is 0 Å². The highest BCUT2D eigenvalue weighted by molar-refractivity contribution is 5.78. The number of hydrogen-bond acceptors (Lipinski definition) is 3. The van der Waals surface area contributed by atoms with Crippen molar-refractivity contribution in [2.75, 3.05) is 19.6 Å². The minimum Gasteiger partial charge on any atom is -0.376 e. The van der Waals surface area contributed by atoms with Crippen molar-refractivity contribution in [2.45, 2.75) is 39.3 Å². The molecule has 6 heteroatoms. The first-order valence-corrected chi connectivity index (χ1v) is 8.91. The van der Waals surface area contributed by atoms with Crippen LogP contribution in [0.2, 0.25) is 0 Å². The Hall–Kier alpha value is -2.21. The van der Waals surface area contributed by atoms with Crippen LogP contribution in [-0.2, 0) is 11.3 Å². The number of halogens is 1. The van der Waals surface area contributed by atoms with Gasteiger partial charge in [0.15, 0.2) is 0 Å². The summed E-state index contributed by atoms with van der Waals surface area (Å²) in [4.78, 5) is 13.3. The average molecular weight is 345 g/mol. The SMILES string of the molecule is CC[N+]1(Cc2cccc(F)c2)C=C(NC2CCN(C(C)=O)CC2)C=N1. The van der Waals surface area contributed by atoms with Crippen LogP contribution in [0.5, 0.6) is 0 Å². The first-order valence-electron chi connectivity index (χ1n) is 8.91. The molecule has 1 saturated heterocycles. The lowest BCUT2D eigenvalue weighted by Gasteiger charge is -2.32. The van der Waals surface area contributed by atoms with E-state index in [0.717, 1.165) is 43.7 Å². The van der Waals surface area contributed by atoms with Crippen molar-refractivity contribution in [1.29, 1.82) is 0 Å². The Kier molecular flexibility index (Phi) is 5.18. The number of nitrogens with one attached hydrogen (secondary N) is 1. The highest BCUT2D eigenvalue weighted by Gasteiger charge is 2.30. The second-order valence-corrected chi connectivity index (χ2v) is 6.85. The molecule has 1 N–H and O–H groups in total. The van der Waals surface area contributed by atoms with Gasteiger partial charge in [0.1, 0.15) is 37.0 Å². The largest absolute Gasteiger partial charge is 0.376 e. The van der Waals surface area contributed by atoms with Crippen LogP contribution in [0.15, 0.2) is 41.3 Å². The first-order chi connectivity index (χ1) is 12.0. The van der Waals surface area contributed by atoms with E-state index in [1.807, 2.05) is 17.2 Å². The molecule has 1 unspecified atom stereocenters. The van der Waals surface area contributed by atoms with Gasteiger partial charge < -0.3 is 10.2 Å². The maximum absolute atomic E-state index is 13.4. The Balaban J connectivity index is 1.62. The summed E-state index contributed by atoms with van der Waals surface area (Å²) in [7, 11) is 0. The third-order valence-corrected chi connectivity index (χ3v) is 5.01. The third-order valence-electron chi connectivity index (χ3n) is 5.01. The lowest BCUT2D eigenvalue weighted by Crippen LogP contribution is -2.44. The molecule has 0 radical (unpaired) electrons. The van der Waals surface area contributed by atoms with E-state index in [1.54, 1.807) is 19.1 Å². The van der Waals surface area contributed by atoms with Crippen LogP contribution in [0.3, 0.4) is 0 Å². The van der Waals surface area contributed by atoms with E-state index >= 15 is 0 Å². The molecule has 0 aliphatic carbocycles. The Bertz CT molecular complexity index is 694. The summed E-state index contributed by atoms with van der Waals surface area (Å²) in [6.45, 7) is 6.75. The molecule has 0 spiro atoms. The van der Waals surface area contributed by atoms with E-state index < -0.39 is 0 Å². The molecule has 1 amide bonds. The fourth-order valence-electron chi connectivity index (χ4n) is 3.47. The summed E-state index contributed by atoms with van der Waals surface area (Å²) in [6.07, 6.45) is 5.88. The van der Waals surface area contributed by atoms with Gasteiger partial charge in [-0.1, -0.05) is 17.2 Å². The minimum atomic E-state index is -0.213. The normalized spacial score (nSPS) is 23.6. The van der Waals surface area contributed by atoms with Crippen LogP contribution in [-0.4, -0.2) is 47.3 Å². The number of nitrogens with zero attached hydrogens (tertiary/aromatic N) is 3. The van der Waals surface area contributed by atoms with Gasteiger partial charge in [-0.3, -0.25) is 4.79 Å². The van der Waals surface area contributed by atoms with E-state index in [0.29, 0.717) is 17.2 Å². The molecule has 134 valence electrons. The molecule has 2 aliphatic heterocycles. The van der Waals surface area contributed by atoms with E-state index in [4.69, 9.17) is 0 Å². The van der Waals surface area contributed by atoms with Gasteiger partial charge in [0.05, 0.1) is 0 Å². The molecule has 5 nitrogen and oxygen atoms in total. The number of amides is 1. The highest BCUT2D eigenvalue weighted by Crippen LogP contribution is 2.23. The van der Waals surface area contributed by atoms with Gasteiger partial charge in [-0.05, 0) is 31.9 Å². The summed E-state index contributed by atoms with van der Waals surface area (Å²) >= 11 is 0. The quantitative estimate of drug-likeness (QED) is 0.834. The Morgan fingerprint density at radius 1 is 1.40 bits per heavy atom. The zero-order valence-electron chi connectivity index (χ0n) is 14.9.